The maximum Gasteiger partial charge on any atom is 0.407 e. The third-order valence-corrected chi connectivity index (χ3v) is 5.12. The first-order valence-electron chi connectivity index (χ1n) is 10.3. The molecule has 1 N–H and O–H groups in total. The summed E-state index contributed by atoms with van der Waals surface area (Å²) in [7, 11) is 0. The van der Waals surface area contributed by atoms with Gasteiger partial charge in [0.1, 0.15) is 16.6 Å². The summed E-state index contributed by atoms with van der Waals surface area (Å²) in [6.45, 7) is 12.2. The van der Waals surface area contributed by atoms with Gasteiger partial charge >= 0.3 is 6.09 Å². The molecule has 1 aliphatic rings. The number of carbonyl (C=O) groups excluding carboxylic acids is 2. The highest BCUT2D eigenvalue weighted by Crippen LogP contribution is 2.19. The van der Waals surface area contributed by atoms with E-state index in [2.05, 4.69) is 15.5 Å². The highest BCUT2D eigenvalue weighted by Gasteiger charge is 2.26. The number of hydrogen-bond donors (Lipinski definition) is 1. The van der Waals surface area contributed by atoms with E-state index in [4.69, 9.17) is 4.74 Å². The van der Waals surface area contributed by atoms with Crippen LogP contribution in [0.3, 0.4) is 0 Å². The van der Waals surface area contributed by atoms with Crippen LogP contribution >= 0.6 is 0 Å². The number of piperidine rings is 1. The van der Waals surface area contributed by atoms with Gasteiger partial charge in [0, 0.05) is 32.1 Å². The molecule has 1 aliphatic heterocycles. The van der Waals surface area contributed by atoms with Gasteiger partial charge in [-0.1, -0.05) is 0 Å². The topological polar surface area (TPSA) is 94.3 Å². The van der Waals surface area contributed by atoms with E-state index >= 15 is 0 Å². The molecule has 160 valence electrons. The molecule has 3 rings (SSSR count). The van der Waals surface area contributed by atoms with Crippen molar-refractivity contribution in [3.63, 3.8) is 0 Å². The molecule has 2 amide bonds. The average Bonchev–Trinajstić information content (AvgIpc) is 3.20. The molecule has 1 fully saturated rings. The van der Waals surface area contributed by atoms with Gasteiger partial charge in [-0.2, -0.15) is 10.2 Å². The molecule has 1 saturated heterocycles. The van der Waals surface area contributed by atoms with Crippen molar-refractivity contribution in [2.75, 3.05) is 13.1 Å². The lowest BCUT2D eigenvalue weighted by Crippen LogP contribution is -2.47. The molecule has 0 spiro atoms. The van der Waals surface area contributed by atoms with Gasteiger partial charge in [0.15, 0.2) is 0 Å². The fraction of sp³-hybridized carbons (Fsp3) is 0.700. The Hall–Kier alpha value is -2.58. The number of nitrogens with one attached hydrogen (secondary N) is 1. The van der Waals surface area contributed by atoms with Crippen molar-refractivity contribution in [1.29, 1.82) is 0 Å². The Bertz CT molecular complexity index is 871. The molecule has 0 radical (unpaired) electrons. The molecule has 0 bridgehead atoms. The highest BCUT2D eigenvalue weighted by atomic mass is 16.6. The summed E-state index contributed by atoms with van der Waals surface area (Å²) in [6.07, 6.45) is 3.29. The van der Waals surface area contributed by atoms with Crippen molar-refractivity contribution >= 4 is 23.0 Å². The van der Waals surface area contributed by atoms with Gasteiger partial charge in [0.05, 0.1) is 18.4 Å². The Labute approximate surface area is 171 Å². The Morgan fingerprint density at radius 3 is 2.55 bits per heavy atom. The minimum atomic E-state index is -0.509. The van der Waals surface area contributed by atoms with Gasteiger partial charge in [0.25, 0.3) is 0 Å². The number of ether oxygens (including phenoxy) is 1. The predicted molar refractivity (Wildman–Crippen MR) is 110 cm³/mol. The number of hydrogen-bond acceptors (Lipinski definition) is 5. The Morgan fingerprint density at radius 2 is 1.93 bits per heavy atom. The smallest absolute Gasteiger partial charge is 0.407 e. The number of likely N-dealkylation sites (tertiary alicyclic amines) is 1. The zero-order chi connectivity index (χ0) is 21.2. The summed E-state index contributed by atoms with van der Waals surface area (Å²) < 4.78 is 9.10. The maximum atomic E-state index is 12.6. The quantitative estimate of drug-likeness (QED) is 0.826. The molecular formula is C20H32N6O3. The number of aryl methyl sites for hydroxylation is 3. The number of alkyl carbamates (subject to hydrolysis) is 1. The summed E-state index contributed by atoms with van der Waals surface area (Å²) >= 11 is 0. The van der Waals surface area contributed by atoms with Crippen LogP contribution in [0.4, 0.5) is 4.79 Å². The van der Waals surface area contributed by atoms with Crippen LogP contribution in [0, 0.1) is 6.92 Å². The molecule has 9 nitrogen and oxygen atoms in total. The Kier molecular flexibility index (Phi) is 6.14. The van der Waals surface area contributed by atoms with Crippen LogP contribution in [0.1, 0.15) is 52.7 Å². The summed E-state index contributed by atoms with van der Waals surface area (Å²) in [4.78, 5) is 26.4. The van der Waals surface area contributed by atoms with Crippen LogP contribution in [0.5, 0.6) is 0 Å². The van der Waals surface area contributed by atoms with E-state index in [-0.39, 0.29) is 11.9 Å². The van der Waals surface area contributed by atoms with Crippen molar-refractivity contribution < 1.29 is 14.3 Å². The van der Waals surface area contributed by atoms with Crippen molar-refractivity contribution in [2.45, 2.75) is 78.6 Å². The first-order valence-corrected chi connectivity index (χ1v) is 10.3. The zero-order valence-electron chi connectivity index (χ0n) is 18.1. The number of amides is 2. The van der Waals surface area contributed by atoms with Gasteiger partial charge in [-0.3, -0.25) is 14.2 Å². The monoisotopic (exact) mass is 404 g/mol. The summed E-state index contributed by atoms with van der Waals surface area (Å²) in [6, 6.07) is 0.0437. The first-order chi connectivity index (χ1) is 13.7. The molecule has 9 heteroatoms. The van der Waals surface area contributed by atoms with Crippen molar-refractivity contribution in [3.05, 3.63) is 11.9 Å². The summed E-state index contributed by atoms with van der Waals surface area (Å²) in [5.41, 5.74) is 2.43. The van der Waals surface area contributed by atoms with Gasteiger partial charge in [0.2, 0.25) is 5.91 Å². The van der Waals surface area contributed by atoms with Crippen molar-refractivity contribution in [3.8, 4) is 0 Å². The minimum absolute atomic E-state index is 0.0437. The molecule has 29 heavy (non-hydrogen) atoms. The van der Waals surface area contributed by atoms with E-state index in [1.807, 2.05) is 55.1 Å². The molecule has 0 aromatic carbocycles. The van der Waals surface area contributed by atoms with Crippen LogP contribution in [0.25, 0.3) is 11.0 Å². The Morgan fingerprint density at radius 1 is 1.24 bits per heavy atom. The van der Waals surface area contributed by atoms with Gasteiger partial charge < -0.3 is 15.0 Å². The van der Waals surface area contributed by atoms with E-state index in [1.54, 1.807) is 0 Å². The first kappa shape index (κ1) is 21.1. The average molecular weight is 405 g/mol. The molecule has 0 unspecified atom stereocenters. The van der Waals surface area contributed by atoms with E-state index in [0.29, 0.717) is 26.1 Å². The van der Waals surface area contributed by atoms with Gasteiger partial charge in [-0.15, -0.1) is 0 Å². The number of fused-ring (bicyclic) bond motifs is 1. The normalized spacial score (nSPS) is 15.7. The second kappa shape index (κ2) is 8.42. The number of rotatable bonds is 5. The van der Waals surface area contributed by atoms with E-state index < -0.39 is 11.7 Å². The van der Waals surface area contributed by atoms with Gasteiger partial charge in [-0.05, 0) is 47.5 Å². The van der Waals surface area contributed by atoms with Crippen LogP contribution in [0.2, 0.25) is 0 Å². The number of aromatic nitrogens is 4. The fourth-order valence-electron chi connectivity index (χ4n) is 3.74. The van der Waals surface area contributed by atoms with Gasteiger partial charge in [-0.25, -0.2) is 4.79 Å². The molecule has 2 aromatic rings. The molecule has 0 aliphatic carbocycles. The van der Waals surface area contributed by atoms with Crippen LogP contribution in [0.15, 0.2) is 6.20 Å². The summed E-state index contributed by atoms with van der Waals surface area (Å²) in [5.74, 6) is 0.116. The SMILES string of the molecule is CCn1nc(C)c2c1cnn2CCC(=O)N1CCC(NC(=O)OC(C)(C)C)CC1. The maximum absolute atomic E-state index is 12.6. The number of nitrogens with zero attached hydrogens (tertiary/aromatic N) is 5. The predicted octanol–water partition coefficient (Wildman–Crippen LogP) is 2.47. The molecular weight excluding hydrogens is 372 g/mol. The van der Waals surface area contributed by atoms with E-state index in [0.717, 1.165) is 36.1 Å². The van der Waals surface area contributed by atoms with E-state index in [9.17, 15) is 9.59 Å². The number of carbonyl (C=O) groups is 2. The minimum Gasteiger partial charge on any atom is -0.444 e. The van der Waals surface area contributed by atoms with Crippen molar-refractivity contribution in [1.82, 2.24) is 29.8 Å². The van der Waals surface area contributed by atoms with Crippen LogP contribution < -0.4 is 5.32 Å². The van der Waals surface area contributed by atoms with Crippen LogP contribution in [-0.4, -0.2) is 61.2 Å². The molecule has 0 atom stereocenters. The molecule has 0 saturated carbocycles. The largest absolute Gasteiger partial charge is 0.444 e. The second-order valence-electron chi connectivity index (χ2n) is 8.55. The third-order valence-electron chi connectivity index (χ3n) is 5.12. The van der Waals surface area contributed by atoms with Crippen molar-refractivity contribution in [2.24, 2.45) is 0 Å². The lowest BCUT2D eigenvalue weighted by molar-refractivity contribution is -0.132. The third kappa shape index (κ3) is 5.07. The molecule has 2 aromatic heterocycles. The lowest BCUT2D eigenvalue weighted by Gasteiger charge is -2.33. The fourth-order valence-corrected chi connectivity index (χ4v) is 3.74. The standard InChI is InChI=1S/C20H32N6O3/c1-6-25-16-13-21-26(18(16)14(2)23-25)12-9-17(27)24-10-7-15(8-11-24)22-19(28)29-20(3,4)5/h13,15H,6-12H2,1-5H3,(H,22,28). The lowest BCUT2D eigenvalue weighted by atomic mass is 10.0. The van der Waals surface area contributed by atoms with E-state index in [1.165, 1.54) is 0 Å². The molecule has 3 heterocycles. The highest BCUT2D eigenvalue weighted by molar-refractivity contribution is 5.79. The second-order valence-corrected chi connectivity index (χ2v) is 8.55. The van der Waals surface area contributed by atoms with Crippen LogP contribution in [-0.2, 0) is 22.6 Å². The zero-order valence-corrected chi connectivity index (χ0v) is 18.1. The summed E-state index contributed by atoms with van der Waals surface area (Å²) in [5, 5.41) is 11.9. The Balaban J connectivity index is 1.48.